The smallest absolute Gasteiger partial charge is 0.253 e. The largest absolute Gasteiger partial charge is 0.506 e. The quantitative estimate of drug-likeness (QED) is 0.689. The van der Waals surface area contributed by atoms with Gasteiger partial charge in [0.2, 0.25) is 0 Å². The summed E-state index contributed by atoms with van der Waals surface area (Å²) in [6, 6.07) is 25.8. The summed E-state index contributed by atoms with van der Waals surface area (Å²) in [6.45, 7) is 2.86. The number of phenolic OH excluding ortho intramolecular Hbond substituents is 1. The number of phenols is 1. The first kappa shape index (κ1) is 19.5. The van der Waals surface area contributed by atoms with E-state index in [1.807, 2.05) is 17.0 Å². The molecular weight excluding hydrogens is 384 g/mol. The SMILES string of the molecule is O=C(c1ccc(O)c(Cl)c1)N1CCN(C(c2ccccc2)c2ccccc2)CC1. The maximum Gasteiger partial charge on any atom is 0.253 e. The highest BCUT2D eigenvalue weighted by Crippen LogP contribution is 2.30. The van der Waals surface area contributed by atoms with Crippen LogP contribution in [0.3, 0.4) is 0 Å². The van der Waals surface area contributed by atoms with E-state index in [0.29, 0.717) is 18.7 Å². The van der Waals surface area contributed by atoms with Crippen LogP contribution in [-0.2, 0) is 0 Å². The lowest BCUT2D eigenvalue weighted by Crippen LogP contribution is -2.49. The third kappa shape index (κ3) is 4.29. The van der Waals surface area contributed by atoms with Crippen molar-refractivity contribution in [1.29, 1.82) is 0 Å². The van der Waals surface area contributed by atoms with Crippen molar-refractivity contribution in [3.63, 3.8) is 0 Å². The van der Waals surface area contributed by atoms with Gasteiger partial charge in [-0.1, -0.05) is 72.3 Å². The van der Waals surface area contributed by atoms with Gasteiger partial charge in [-0.2, -0.15) is 0 Å². The van der Waals surface area contributed by atoms with Gasteiger partial charge in [0.25, 0.3) is 5.91 Å². The maximum absolute atomic E-state index is 12.8. The molecule has 1 fully saturated rings. The number of aromatic hydroxyl groups is 1. The van der Waals surface area contributed by atoms with E-state index in [2.05, 4.69) is 53.4 Å². The monoisotopic (exact) mass is 406 g/mol. The molecule has 4 rings (SSSR count). The average molecular weight is 407 g/mol. The summed E-state index contributed by atoms with van der Waals surface area (Å²) in [6.07, 6.45) is 0. The standard InChI is InChI=1S/C24H23ClN2O2/c25-21-17-20(11-12-22(21)28)24(29)27-15-13-26(14-16-27)23(18-7-3-1-4-8-18)19-9-5-2-6-10-19/h1-12,17,23,28H,13-16H2. The highest BCUT2D eigenvalue weighted by molar-refractivity contribution is 6.32. The van der Waals surface area contributed by atoms with Gasteiger partial charge in [-0.25, -0.2) is 0 Å². The Morgan fingerprint density at radius 2 is 1.38 bits per heavy atom. The molecule has 5 heteroatoms. The van der Waals surface area contributed by atoms with Crippen LogP contribution in [0.2, 0.25) is 5.02 Å². The molecule has 0 bridgehead atoms. The lowest BCUT2D eigenvalue weighted by atomic mass is 9.96. The van der Waals surface area contributed by atoms with Crippen molar-refractivity contribution in [3.05, 3.63) is 101 Å². The fourth-order valence-corrected chi connectivity index (χ4v) is 4.07. The second-order valence-corrected chi connectivity index (χ2v) is 7.63. The number of benzene rings is 3. The van der Waals surface area contributed by atoms with E-state index < -0.39 is 0 Å². The molecule has 3 aromatic rings. The molecule has 1 aliphatic rings. The van der Waals surface area contributed by atoms with E-state index in [9.17, 15) is 9.90 Å². The molecule has 0 atom stereocenters. The Balaban J connectivity index is 1.51. The Labute approximate surface area is 176 Å². The van der Waals surface area contributed by atoms with E-state index in [1.165, 1.54) is 23.3 Å². The van der Waals surface area contributed by atoms with Crippen LogP contribution in [0.4, 0.5) is 0 Å². The van der Waals surface area contributed by atoms with E-state index in [-0.39, 0.29) is 22.7 Å². The van der Waals surface area contributed by atoms with Crippen LogP contribution in [0.25, 0.3) is 0 Å². The van der Waals surface area contributed by atoms with Crippen LogP contribution in [0.15, 0.2) is 78.9 Å². The molecule has 148 valence electrons. The van der Waals surface area contributed by atoms with E-state index in [0.717, 1.165) is 13.1 Å². The van der Waals surface area contributed by atoms with Crippen molar-refractivity contribution in [2.45, 2.75) is 6.04 Å². The molecule has 4 nitrogen and oxygen atoms in total. The number of nitrogens with zero attached hydrogens (tertiary/aromatic N) is 2. The summed E-state index contributed by atoms with van der Waals surface area (Å²) in [4.78, 5) is 17.1. The van der Waals surface area contributed by atoms with Gasteiger partial charge in [0.1, 0.15) is 5.75 Å². The van der Waals surface area contributed by atoms with Gasteiger partial charge in [0.05, 0.1) is 11.1 Å². The average Bonchev–Trinajstić information content (AvgIpc) is 2.77. The molecule has 0 saturated carbocycles. The highest BCUT2D eigenvalue weighted by Gasteiger charge is 2.28. The summed E-state index contributed by atoms with van der Waals surface area (Å²) in [5, 5.41) is 9.78. The van der Waals surface area contributed by atoms with Gasteiger partial charge in [-0.15, -0.1) is 0 Å². The predicted octanol–water partition coefficient (Wildman–Crippen LogP) is 4.59. The summed E-state index contributed by atoms with van der Waals surface area (Å²) in [5.41, 5.74) is 3.01. The second-order valence-electron chi connectivity index (χ2n) is 7.22. The topological polar surface area (TPSA) is 43.8 Å². The number of carbonyl (C=O) groups excluding carboxylic acids is 1. The fourth-order valence-electron chi connectivity index (χ4n) is 3.89. The zero-order chi connectivity index (χ0) is 20.2. The van der Waals surface area contributed by atoms with Crippen LogP contribution in [0.5, 0.6) is 5.75 Å². The van der Waals surface area contributed by atoms with Gasteiger partial charge < -0.3 is 10.0 Å². The summed E-state index contributed by atoms with van der Waals surface area (Å²) in [7, 11) is 0. The number of hydrogen-bond acceptors (Lipinski definition) is 3. The molecule has 0 aliphatic carbocycles. The number of piperazine rings is 1. The van der Waals surface area contributed by atoms with Gasteiger partial charge in [-0.05, 0) is 29.3 Å². The minimum atomic E-state index is -0.0532. The minimum absolute atomic E-state index is 0.0124. The lowest BCUT2D eigenvalue weighted by Gasteiger charge is -2.39. The number of rotatable bonds is 4. The third-order valence-corrected chi connectivity index (χ3v) is 5.69. The van der Waals surface area contributed by atoms with Gasteiger partial charge >= 0.3 is 0 Å². The fraction of sp³-hybridized carbons (Fsp3) is 0.208. The third-order valence-electron chi connectivity index (χ3n) is 5.39. The van der Waals surface area contributed by atoms with Gasteiger partial charge in [-0.3, -0.25) is 9.69 Å². The van der Waals surface area contributed by atoms with E-state index >= 15 is 0 Å². The Morgan fingerprint density at radius 3 is 1.90 bits per heavy atom. The van der Waals surface area contributed by atoms with Crippen LogP contribution >= 0.6 is 11.6 Å². The molecule has 1 aliphatic heterocycles. The molecular formula is C24H23ClN2O2. The van der Waals surface area contributed by atoms with E-state index in [4.69, 9.17) is 11.6 Å². The Kier molecular flexibility index (Phi) is 5.84. The summed E-state index contributed by atoms with van der Waals surface area (Å²) < 4.78 is 0. The number of carbonyl (C=O) groups is 1. The molecule has 0 spiro atoms. The van der Waals surface area contributed by atoms with Crippen molar-refractivity contribution in [3.8, 4) is 5.75 Å². The first-order valence-electron chi connectivity index (χ1n) is 9.75. The molecule has 1 amide bonds. The van der Waals surface area contributed by atoms with Crippen molar-refractivity contribution in [2.24, 2.45) is 0 Å². The normalized spacial score (nSPS) is 14.9. The zero-order valence-electron chi connectivity index (χ0n) is 16.0. The van der Waals surface area contributed by atoms with Crippen LogP contribution in [-0.4, -0.2) is 47.0 Å². The molecule has 29 heavy (non-hydrogen) atoms. The van der Waals surface area contributed by atoms with Crippen LogP contribution in [0, 0.1) is 0 Å². The molecule has 0 aromatic heterocycles. The first-order valence-corrected chi connectivity index (χ1v) is 10.1. The number of amides is 1. The lowest BCUT2D eigenvalue weighted by molar-refractivity contribution is 0.0597. The van der Waals surface area contributed by atoms with Crippen molar-refractivity contribution in [2.75, 3.05) is 26.2 Å². The van der Waals surface area contributed by atoms with Crippen LogP contribution < -0.4 is 0 Å². The zero-order valence-corrected chi connectivity index (χ0v) is 16.8. The molecule has 3 aromatic carbocycles. The second kappa shape index (κ2) is 8.68. The highest BCUT2D eigenvalue weighted by atomic mass is 35.5. The summed E-state index contributed by atoms with van der Waals surface area (Å²) >= 11 is 5.97. The molecule has 1 N–H and O–H groups in total. The predicted molar refractivity (Wildman–Crippen MR) is 115 cm³/mol. The Morgan fingerprint density at radius 1 is 0.828 bits per heavy atom. The molecule has 1 saturated heterocycles. The summed E-state index contributed by atoms with van der Waals surface area (Å²) in [5.74, 6) is -0.0656. The molecule has 1 heterocycles. The Bertz CT molecular complexity index is 931. The van der Waals surface area contributed by atoms with Crippen LogP contribution in [0.1, 0.15) is 27.5 Å². The van der Waals surface area contributed by atoms with Crippen molar-refractivity contribution in [1.82, 2.24) is 9.80 Å². The first-order chi connectivity index (χ1) is 14.1. The Hall–Kier alpha value is -2.82. The van der Waals surface area contributed by atoms with E-state index in [1.54, 1.807) is 6.07 Å². The van der Waals surface area contributed by atoms with Crippen molar-refractivity contribution < 1.29 is 9.90 Å². The molecule has 0 radical (unpaired) electrons. The molecule has 0 unspecified atom stereocenters. The number of hydrogen-bond donors (Lipinski definition) is 1. The van der Waals surface area contributed by atoms with Crippen molar-refractivity contribution >= 4 is 17.5 Å². The van der Waals surface area contributed by atoms with Gasteiger partial charge in [0, 0.05) is 31.7 Å². The number of halogens is 1. The maximum atomic E-state index is 12.8. The van der Waals surface area contributed by atoms with Gasteiger partial charge in [0.15, 0.2) is 0 Å². The minimum Gasteiger partial charge on any atom is -0.506 e.